The lowest BCUT2D eigenvalue weighted by atomic mass is 9.75. The molecular weight excluding hydrogens is 200 g/mol. The minimum atomic E-state index is 0.0555. The first-order valence-corrected chi connectivity index (χ1v) is 5.97. The van der Waals surface area contributed by atoms with Gasteiger partial charge in [0, 0.05) is 6.04 Å². The average Bonchev–Trinajstić information content (AvgIpc) is 2.22. The molecule has 0 unspecified atom stereocenters. The monoisotopic (exact) mass is 222 g/mol. The lowest BCUT2D eigenvalue weighted by molar-refractivity contribution is -0.121. The van der Waals surface area contributed by atoms with Crippen LogP contribution in [0.5, 0.6) is 0 Å². The zero-order chi connectivity index (χ0) is 12.0. The second kappa shape index (κ2) is 5.91. The van der Waals surface area contributed by atoms with Gasteiger partial charge in [-0.25, -0.2) is 0 Å². The number of hydrogen-bond acceptors (Lipinski definition) is 2. The third-order valence-corrected chi connectivity index (χ3v) is 3.22. The molecule has 0 heterocycles. The zero-order valence-corrected chi connectivity index (χ0v) is 10.3. The molecule has 0 aromatic heterocycles. The smallest absolute Gasteiger partial charge is 0.234 e. The molecule has 0 aromatic carbocycles. The van der Waals surface area contributed by atoms with Gasteiger partial charge in [0.1, 0.15) is 0 Å². The van der Waals surface area contributed by atoms with E-state index in [4.69, 9.17) is 6.42 Å². The van der Waals surface area contributed by atoms with Crippen LogP contribution < -0.4 is 10.6 Å². The molecule has 0 spiro atoms. The summed E-state index contributed by atoms with van der Waals surface area (Å²) in [5, 5.41) is 5.94. The molecule has 3 nitrogen and oxygen atoms in total. The number of hydrogen-bond donors (Lipinski definition) is 2. The van der Waals surface area contributed by atoms with Gasteiger partial charge in [0.05, 0.1) is 13.1 Å². The lowest BCUT2D eigenvalue weighted by Crippen LogP contribution is -2.43. The van der Waals surface area contributed by atoms with Crippen LogP contribution in [0.3, 0.4) is 0 Å². The van der Waals surface area contributed by atoms with Crippen LogP contribution in [0, 0.1) is 17.8 Å². The second-order valence-corrected chi connectivity index (χ2v) is 5.31. The molecule has 1 aliphatic carbocycles. The highest BCUT2D eigenvalue weighted by Crippen LogP contribution is 2.34. The van der Waals surface area contributed by atoms with Crippen molar-refractivity contribution in [2.45, 2.75) is 45.6 Å². The van der Waals surface area contributed by atoms with Gasteiger partial charge in [-0.3, -0.25) is 10.1 Å². The van der Waals surface area contributed by atoms with Gasteiger partial charge in [-0.15, -0.1) is 6.42 Å². The fraction of sp³-hybridized carbons (Fsp3) is 0.769. The zero-order valence-electron chi connectivity index (χ0n) is 10.3. The fourth-order valence-electron chi connectivity index (χ4n) is 2.07. The largest absolute Gasteiger partial charge is 0.352 e. The molecule has 1 aliphatic rings. The van der Waals surface area contributed by atoms with E-state index >= 15 is 0 Å². The Balaban J connectivity index is 2.19. The van der Waals surface area contributed by atoms with E-state index in [1.54, 1.807) is 0 Å². The average molecular weight is 222 g/mol. The summed E-state index contributed by atoms with van der Waals surface area (Å²) >= 11 is 0. The van der Waals surface area contributed by atoms with Crippen molar-refractivity contribution in [3.05, 3.63) is 0 Å². The molecule has 1 fully saturated rings. The number of carbonyl (C=O) groups is 1. The van der Waals surface area contributed by atoms with E-state index in [0.29, 0.717) is 24.5 Å². The Morgan fingerprint density at radius 2 is 2.06 bits per heavy atom. The molecule has 0 bridgehead atoms. The first-order chi connectivity index (χ1) is 7.53. The first kappa shape index (κ1) is 13.1. The minimum absolute atomic E-state index is 0.0555. The third kappa shape index (κ3) is 4.67. The summed E-state index contributed by atoms with van der Waals surface area (Å²) in [6.45, 7) is 5.36. The number of carbonyl (C=O) groups excluding carboxylic acids is 1. The molecule has 1 saturated carbocycles. The van der Waals surface area contributed by atoms with E-state index in [0.717, 1.165) is 12.8 Å². The van der Waals surface area contributed by atoms with Gasteiger partial charge >= 0.3 is 0 Å². The second-order valence-electron chi connectivity index (χ2n) is 5.31. The van der Waals surface area contributed by atoms with E-state index in [-0.39, 0.29) is 5.91 Å². The number of rotatable bonds is 4. The van der Waals surface area contributed by atoms with Crippen LogP contribution in [0.15, 0.2) is 0 Å². The van der Waals surface area contributed by atoms with Crippen LogP contribution in [-0.4, -0.2) is 25.0 Å². The Labute approximate surface area is 98.4 Å². The standard InChI is InChI=1S/C13H22N2O/c1-4-9-14-10-12(16)15-11-5-7-13(2,3)8-6-11/h1,11,14H,5-10H2,2-3H3,(H,15,16). The van der Waals surface area contributed by atoms with Gasteiger partial charge in [-0.05, 0) is 31.1 Å². The van der Waals surface area contributed by atoms with Gasteiger partial charge in [0.2, 0.25) is 5.91 Å². The molecule has 0 radical (unpaired) electrons. The third-order valence-electron chi connectivity index (χ3n) is 3.22. The topological polar surface area (TPSA) is 41.1 Å². The summed E-state index contributed by atoms with van der Waals surface area (Å²) in [5.74, 6) is 2.50. The van der Waals surface area contributed by atoms with E-state index in [1.807, 2.05) is 0 Å². The number of terminal acetylenes is 1. The van der Waals surface area contributed by atoms with E-state index in [1.165, 1.54) is 12.8 Å². The number of nitrogens with one attached hydrogen (secondary N) is 2. The summed E-state index contributed by atoms with van der Waals surface area (Å²) in [6.07, 6.45) is 9.65. The van der Waals surface area contributed by atoms with Crippen molar-refractivity contribution in [2.24, 2.45) is 5.41 Å². The predicted octanol–water partition coefficient (Wildman–Crippen LogP) is 1.29. The summed E-state index contributed by atoms with van der Waals surface area (Å²) in [6, 6.07) is 0.355. The molecule has 0 aromatic rings. The highest BCUT2D eigenvalue weighted by Gasteiger charge is 2.27. The van der Waals surface area contributed by atoms with Crippen LogP contribution in [0.4, 0.5) is 0 Å². The molecule has 0 aliphatic heterocycles. The maximum absolute atomic E-state index is 11.5. The first-order valence-electron chi connectivity index (χ1n) is 5.97. The SMILES string of the molecule is C#CCNCC(=O)NC1CCC(C)(C)CC1. The Morgan fingerprint density at radius 3 is 2.62 bits per heavy atom. The summed E-state index contributed by atoms with van der Waals surface area (Å²) in [5.41, 5.74) is 0.447. The van der Waals surface area contributed by atoms with Crippen LogP contribution in [0.2, 0.25) is 0 Å². The molecule has 0 saturated heterocycles. The molecule has 1 amide bonds. The van der Waals surface area contributed by atoms with E-state index in [9.17, 15) is 4.79 Å². The predicted molar refractivity (Wildman–Crippen MR) is 65.9 cm³/mol. The van der Waals surface area contributed by atoms with Crippen molar-refractivity contribution in [3.63, 3.8) is 0 Å². The maximum atomic E-state index is 11.5. The van der Waals surface area contributed by atoms with Gasteiger partial charge in [0.25, 0.3) is 0 Å². The highest BCUT2D eigenvalue weighted by molar-refractivity contribution is 5.78. The molecule has 0 atom stereocenters. The maximum Gasteiger partial charge on any atom is 0.234 e. The molecule has 90 valence electrons. The van der Waals surface area contributed by atoms with Gasteiger partial charge < -0.3 is 5.32 Å². The quantitative estimate of drug-likeness (QED) is 0.556. The Hall–Kier alpha value is -1.01. The van der Waals surface area contributed by atoms with Gasteiger partial charge in [-0.1, -0.05) is 19.8 Å². The molecule has 3 heteroatoms. The summed E-state index contributed by atoms with van der Waals surface area (Å²) < 4.78 is 0. The van der Waals surface area contributed by atoms with Crippen molar-refractivity contribution in [1.29, 1.82) is 0 Å². The van der Waals surface area contributed by atoms with Crippen LogP contribution in [0.25, 0.3) is 0 Å². The Bertz CT molecular complexity index is 268. The van der Waals surface area contributed by atoms with Crippen LogP contribution in [0.1, 0.15) is 39.5 Å². The Kier molecular flexibility index (Phi) is 4.82. The number of amides is 1. The van der Waals surface area contributed by atoms with Crippen molar-refractivity contribution < 1.29 is 4.79 Å². The van der Waals surface area contributed by atoms with Crippen molar-refractivity contribution in [2.75, 3.05) is 13.1 Å². The minimum Gasteiger partial charge on any atom is -0.352 e. The van der Waals surface area contributed by atoms with E-state index in [2.05, 4.69) is 30.4 Å². The summed E-state index contributed by atoms with van der Waals surface area (Å²) in [4.78, 5) is 11.5. The normalized spacial score (nSPS) is 20.1. The van der Waals surface area contributed by atoms with Crippen molar-refractivity contribution >= 4 is 5.91 Å². The molecule has 16 heavy (non-hydrogen) atoms. The highest BCUT2D eigenvalue weighted by atomic mass is 16.1. The van der Waals surface area contributed by atoms with Crippen LogP contribution >= 0.6 is 0 Å². The lowest BCUT2D eigenvalue weighted by Gasteiger charge is -2.34. The van der Waals surface area contributed by atoms with Crippen molar-refractivity contribution in [3.8, 4) is 12.3 Å². The van der Waals surface area contributed by atoms with Gasteiger partial charge in [-0.2, -0.15) is 0 Å². The molecule has 1 rings (SSSR count). The van der Waals surface area contributed by atoms with Crippen LogP contribution in [-0.2, 0) is 4.79 Å². The van der Waals surface area contributed by atoms with Crippen molar-refractivity contribution in [1.82, 2.24) is 10.6 Å². The molecular formula is C13H22N2O. The van der Waals surface area contributed by atoms with E-state index < -0.39 is 0 Å². The van der Waals surface area contributed by atoms with Gasteiger partial charge in [0.15, 0.2) is 0 Å². The summed E-state index contributed by atoms with van der Waals surface area (Å²) in [7, 11) is 0. The molecule has 2 N–H and O–H groups in total. The Morgan fingerprint density at radius 1 is 1.44 bits per heavy atom. The fourth-order valence-corrected chi connectivity index (χ4v) is 2.07.